The molecule has 0 aromatic heterocycles. The lowest BCUT2D eigenvalue weighted by molar-refractivity contribution is -0.130. The van der Waals surface area contributed by atoms with E-state index >= 15 is 0 Å². The number of sulfonamides is 1. The molecule has 0 bridgehead atoms. The van der Waals surface area contributed by atoms with Gasteiger partial charge in [0.05, 0.1) is 27.2 Å². The fourth-order valence-electron chi connectivity index (χ4n) is 2.84. The molecule has 1 heterocycles. The van der Waals surface area contributed by atoms with Crippen molar-refractivity contribution in [1.29, 1.82) is 0 Å². The number of piperazine rings is 1. The number of amides is 1. The van der Waals surface area contributed by atoms with Crippen LogP contribution >= 0.6 is 23.2 Å². The summed E-state index contributed by atoms with van der Waals surface area (Å²) in [5.41, 5.74) is 0.586. The zero-order valence-electron chi connectivity index (χ0n) is 14.4. The number of carbonyl (C=O) groups is 1. The molecule has 0 unspecified atom stereocenters. The zero-order chi connectivity index (χ0) is 19.4. The second-order valence-electron chi connectivity index (χ2n) is 6.05. The highest BCUT2D eigenvalue weighted by Crippen LogP contribution is 2.29. The Hall–Kier alpha value is -1.80. The van der Waals surface area contributed by atoms with Crippen LogP contribution in [0.2, 0.25) is 10.0 Å². The molecule has 1 N–H and O–H groups in total. The quantitative estimate of drug-likeness (QED) is 0.795. The van der Waals surface area contributed by atoms with Gasteiger partial charge in [-0.15, -0.1) is 0 Å². The Morgan fingerprint density at radius 3 is 2.30 bits per heavy atom. The lowest BCUT2D eigenvalue weighted by atomic mass is 10.3. The van der Waals surface area contributed by atoms with Gasteiger partial charge in [0.15, 0.2) is 0 Å². The molecule has 0 aliphatic carbocycles. The van der Waals surface area contributed by atoms with E-state index in [2.05, 4.69) is 5.32 Å². The fraction of sp³-hybridized carbons (Fsp3) is 0.278. The first-order valence-corrected chi connectivity index (χ1v) is 10.6. The van der Waals surface area contributed by atoms with E-state index < -0.39 is 10.0 Å². The monoisotopic (exact) mass is 427 g/mol. The van der Waals surface area contributed by atoms with E-state index in [1.165, 1.54) is 4.31 Å². The third kappa shape index (κ3) is 4.55. The molecule has 3 rings (SSSR count). The molecule has 0 saturated carbocycles. The van der Waals surface area contributed by atoms with Crippen LogP contribution in [-0.4, -0.2) is 56.3 Å². The third-order valence-electron chi connectivity index (χ3n) is 4.35. The van der Waals surface area contributed by atoms with Crippen molar-refractivity contribution in [3.8, 4) is 0 Å². The Bertz CT molecular complexity index is 915. The summed E-state index contributed by atoms with van der Waals surface area (Å²) >= 11 is 12.1. The molecular formula is C18H19Cl2N3O3S. The number of hydrogen-bond acceptors (Lipinski definition) is 4. The molecule has 144 valence electrons. The average Bonchev–Trinajstić information content (AvgIpc) is 2.69. The van der Waals surface area contributed by atoms with Crippen molar-refractivity contribution >= 4 is 44.8 Å². The van der Waals surface area contributed by atoms with E-state index in [0.29, 0.717) is 28.8 Å². The van der Waals surface area contributed by atoms with Gasteiger partial charge in [0.2, 0.25) is 15.9 Å². The number of nitrogens with one attached hydrogen (secondary N) is 1. The van der Waals surface area contributed by atoms with Crippen molar-refractivity contribution in [2.24, 2.45) is 0 Å². The van der Waals surface area contributed by atoms with Gasteiger partial charge in [-0.1, -0.05) is 47.5 Å². The second-order valence-corrected chi connectivity index (χ2v) is 8.78. The van der Waals surface area contributed by atoms with Gasteiger partial charge < -0.3 is 10.2 Å². The summed E-state index contributed by atoms with van der Waals surface area (Å²) in [4.78, 5) is 14.3. The maximum atomic E-state index is 12.6. The smallest absolute Gasteiger partial charge is 0.243 e. The predicted octanol–water partition coefficient (Wildman–Crippen LogP) is 2.94. The summed E-state index contributed by atoms with van der Waals surface area (Å²) in [5, 5.41) is 3.76. The van der Waals surface area contributed by atoms with Crippen molar-refractivity contribution < 1.29 is 13.2 Å². The summed E-state index contributed by atoms with van der Waals surface area (Å²) in [6, 6.07) is 13.5. The van der Waals surface area contributed by atoms with Gasteiger partial charge in [-0.3, -0.25) is 4.79 Å². The number of hydrogen-bond donors (Lipinski definition) is 1. The third-order valence-corrected chi connectivity index (χ3v) is 7.09. The number of anilines is 1. The van der Waals surface area contributed by atoms with Crippen LogP contribution in [-0.2, 0) is 14.8 Å². The van der Waals surface area contributed by atoms with Crippen LogP contribution in [0.5, 0.6) is 0 Å². The van der Waals surface area contributed by atoms with Gasteiger partial charge in [0.25, 0.3) is 0 Å². The molecule has 0 radical (unpaired) electrons. The number of nitrogens with zero attached hydrogens (tertiary/aromatic N) is 2. The van der Waals surface area contributed by atoms with Crippen molar-refractivity contribution in [2.45, 2.75) is 4.90 Å². The summed E-state index contributed by atoms with van der Waals surface area (Å²) in [5.74, 6) is -0.122. The highest BCUT2D eigenvalue weighted by molar-refractivity contribution is 7.89. The molecule has 1 saturated heterocycles. The highest BCUT2D eigenvalue weighted by atomic mass is 35.5. The van der Waals surface area contributed by atoms with Crippen LogP contribution in [0.25, 0.3) is 0 Å². The zero-order valence-corrected chi connectivity index (χ0v) is 16.8. The van der Waals surface area contributed by atoms with Gasteiger partial charge in [0, 0.05) is 26.2 Å². The lowest BCUT2D eigenvalue weighted by Gasteiger charge is -2.34. The number of halogens is 2. The minimum atomic E-state index is -3.53. The average molecular weight is 428 g/mol. The van der Waals surface area contributed by atoms with Gasteiger partial charge in [-0.2, -0.15) is 4.31 Å². The minimum Gasteiger partial charge on any atom is -0.375 e. The van der Waals surface area contributed by atoms with Gasteiger partial charge in [-0.05, 0) is 24.3 Å². The number of rotatable bonds is 5. The molecule has 0 atom stereocenters. The molecule has 1 amide bonds. The molecule has 1 aliphatic heterocycles. The van der Waals surface area contributed by atoms with Crippen molar-refractivity contribution in [3.05, 3.63) is 58.6 Å². The first-order valence-electron chi connectivity index (χ1n) is 8.40. The van der Waals surface area contributed by atoms with Crippen LogP contribution < -0.4 is 5.32 Å². The van der Waals surface area contributed by atoms with E-state index in [4.69, 9.17) is 23.2 Å². The number of benzene rings is 2. The summed E-state index contributed by atoms with van der Waals surface area (Å²) in [7, 11) is -3.53. The van der Waals surface area contributed by atoms with E-state index in [9.17, 15) is 13.2 Å². The fourth-order valence-corrected chi connectivity index (χ4v) is 4.65. The number of carbonyl (C=O) groups excluding carboxylic acids is 1. The summed E-state index contributed by atoms with van der Waals surface area (Å²) in [6.07, 6.45) is 0. The predicted molar refractivity (Wildman–Crippen MR) is 107 cm³/mol. The molecule has 0 spiro atoms. The van der Waals surface area contributed by atoms with Crippen LogP contribution in [0.15, 0.2) is 53.4 Å². The standard InChI is InChI=1S/C18H19Cl2N3O3S/c19-15-7-4-8-16(18(15)20)21-13-17(24)22-9-11-23(12-10-22)27(25,26)14-5-2-1-3-6-14/h1-8,21H,9-13H2. The first-order chi connectivity index (χ1) is 12.9. The van der Waals surface area contributed by atoms with Crippen LogP contribution in [0.3, 0.4) is 0 Å². The van der Waals surface area contributed by atoms with Gasteiger partial charge in [-0.25, -0.2) is 8.42 Å². The molecule has 2 aromatic rings. The minimum absolute atomic E-state index is 0.0610. The van der Waals surface area contributed by atoms with Gasteiger partial charge in [0.1, 0.15) is 0 Å². The molecule has 6 nitrogen and oxygen atoms in total. The molecule has 1 aliphatic rings. The lowest BCUT2D eigenvalue weighted by Crippen LogP contribution is -2.51. The molecule has 27 heavy (non-hydrogen) atoms. The van der Waals surface area contributed by atoms with Crippen LogP contribution in [0.4, 0.5) is 5.69 Å². The normalized spacial score (nSPS) is 15.6. The van der Waals surface area contributed by atoms with Crippen LogP contribution in [0, 0.1) is 0 Å². The Balaban J connectivity index is 1.56. The van der Waals surface area contributed by atoms with Crippen molar-refractivity contribution in [1.82, 2.24) is 9.21 Å². The van der Waals surface area contributed by atoms with Gasteiger partial charge >= 0.3 is 0 Å². The molecule has 9 heteroatoms. The Kier molecular flexibility index (Phi) is 6.26. The first kappa shape index (κ1) is 19.9. The largest absolute Gasteiger partial charge is 0.375 e. The topological polar surface area (TPSA) is 69.7 Å². The Labute approximate surface area is 168 Å². The van der Waals surface area contributed by atoms with E-state index in [1.54, 1.807) is 53.4 Å². The van der Waals surface area contributed by atoms with Crippen molar-refractivity contribution in [3.63, 3.8) is 0 Å². The highest BCUT2D eigenvalue weighted by Gasteiger charge is 2.29. The molecule has 2 aromatic carbocycles. The second kappa shape index (κ2) is 8.48. The molecule has 1 fully saturated rings. The summed E-state index contributed by atoms with van der Waals surface area (Å²) in [6.45, 7) is 1.28. The van der Waals surface area contributed by atoms with E-state index in [0.717, 1.165) is 0 Å². The van der Waals surface area contributed by atoms with Crippen molar-refractivity contribution in [2.75, 3.05) is 38.0 Å². The SMILES string of the molecule is O=C(CNc1cccc(Cl)c1Cl)N1CCN(S(=O)(=O)c2ccccc2)CC1. The molecular weight excluding hydrogens is 409 g/mol. The summed E-state index contributed by atoms with van der Waals surface area (Å²) < 4.78 is 26.7. The van der Waals surface area contributed by atoms with E-state index in [-0.39, 0.29) is 30.4 Å². The van der Waals surface area contributed by atoms with E-state index in [1.807, 2.05) is 0 Å². The Morgan fingerprint density at radius 1 is 0.963 bits per heavy atom. The Morgan fingerprint density at radius 2 is 1.63 bits per heavy atom. The maximum absolute atomic E-state index is 12.6. The maximum Gasteiger partial charge on any atom is 0.243 e. The van der Waals surface area contributed by atoms with Crippen LogP contribution in [0.1, 0.15) is 0 Å².